The highest BCUT2D eigenvalue weighted by Crippen LogP contribution is 2.13. The molecule has 2 rings (SSSR count). The maximum atomic E-state index is 13.9. The third kappa shape index (κ3) is 2.64. The molecule has 1 aromatic heterocycles. The van der Waals surface area contributed by atoms with Crippen molar-refractivity contribution in [2.75, 3.05) is 0 Å². The molecule has 4 nitrogen and oxygen atoms in total. The minimum Gasteiger partial charge on any atom is -0.292 e. The molecule has 0 bridgehead atoms. The number of aromatic nitrogens is 2. The molecule has 0 aliphatic rings. The van der Waals surface area contributed by atoms with E-state index >= 15 is 0 Å². The van der Waals surface area contributed by atoms with E-state index in [0.29, 0.717) is 5.82 Å². The molecule has 1 aromatic carbocycles. The van der Waals surface area contributed by atoms with Crippen molar-refractivity contribution in [2.24, 2.45) is 0 Å². The molecule has 0 saturated heterocycles. The fourth-order valence-electron chi connectivity index (χ4n) is 1.74. The van der Waals surface area contributed by atoms with Crippen LogP contribution < -0.4 is 5.56 Å². The van der Waals surface area contributed by atoms with Crippen LogP contribution in [0.4, 0.5) is 4.39 Å². The number of nitrogens with zero attached hydrogens (tertiary/aromatic N) is 3. The van der Waals surface area contributed by atoms with Crippen molar-refractivity contribution in [1.29, 1.82) is 5.26 Å². The van der Waals surface area contributed by atoms with Gasteiger partial charge < -0.3 is 0 Å². The molecule has 0 aliphatic carbocycles. The third-order valence-corrected chi connectivity index (χ3v) is 2.89. The van der Waals surface area contributed by atoms with E-state index in [0.717, 1.165) is 0 Å². The molecule has 2 aromatic rings. The van der Waals surface area contributed by atoms with Gasteiger partial charge in [0.25, 0.3) is 5.56 Å². The van der Waals surface area contributed by atoms with E-state index in [1.807, 2.05) is 0 Å². The Morgan fingerprint density at radius 3 is 2.89 bits per heavy atom. The Hall–Kier alpha value is -2.19. The maximum Gasteiger partial charge on any atom is 0.255 e. The van der Waals surface area contributed by atoms with Gasteiger partial charge in [-0.1, -0.05) is 23.7 Å². The van der Waals surface area contributed by atoms with Crippen LogP contribution in [0.15, 0.2) is 29.1 Å². The van der Waals surface area contributed by atoms with Crippen LogP contribution in [0.2, 0.25) is 5.15 Å². The summed E-state index contributed by atoms with van der Waals surface area (Å²) in [5.41, 5.74) is -0.155. The first-order valence-electron chi connectivity index (χ1n) is 5.44. The summed E-state index contributed by atoms with van der Waals surface area (Å²) in [5.74, 6) is -0.231. The van der Waals surface area contributed by atoms with Gasteiger partial charge in [-0.15, -0.1) is 0 Å². The van der Waals surface area contributed by atoms with Crippen LogP contribution in [0.25, 0.3) is 0 Å². The zero-order valence-corrected chi connectivity index (χ0v) is 10.8. The SMILES string of the molecule is Cc1nc(Cl)cc(=O)n1Cc1cccc(C#N)c1F. The average Bonchev–Trinajstić information content (AvgIpc) is 2.35. The summed E-state index contributed by atoms with van der Waals surface area (Å²) in [5, 5.41) is 8.87. The predicted molar refractivity (Wildman–Crippen MR) is 68.5 cm³/mol. The summed E-state index contributed by atoms with van der Waals surface area (Å²) in [4.78, 5) is 15.7. The molecular weight excluding hydrogens is 269 g/mol. The highest BCUT2D eigenvalue weighted by molar-refractivity contribution is 6.29. The Labute approximate surface area is 113 Å². The van der Waals surface area contributed by atoms with Crippen LogP contribution in [0.3, 0.4) is 0 Å². The predicted octanol–water partition coefficient (Wildman–Crippen LogP) is 2.26. The van der Waals surface area contributed by atoms with Gasteiger partial charge in [-0.2, -0.15) is 5.26 Å². The van der Waals surface area contributed by atoms with Crippen molar-refractivity contribution in [3.8, 4) is 6.07 Å². The van der Waals surface area contributed by atoms with Gasteiger partial charge >= 0.3 is 0 Å². The van der Waals surface area contributed by atoms with Crippen LogP contribution in [0.1, 0.15) is 17.0 Å². The molecule has 0 N–H and O–H groups in total. The lowest BCUT2D eigenvalue weighted by atomic mass is 10.1. The van der Waals surface area contributed by atoms with Crippen LogP contribution in [-0.4, -0.2) is 9.55 Å². The highest BCUT2D eigenvalue weighted by atomic mass is 35.5. The minimum absolute atomic E-state index is 0.0101. The Morgan fingerprint density at radius 1 is 1.53 bits per heavy atom. The van der Waals surface area contributed by atoms with E-state index in [1.165, 1.54) is 22.8 Å². The molecule has 0 aliphatic heterocycles. The molecule has 0 spiro atoms. The molecule has 0 radical (unpaired) electrons. The smallest absolute Gasteiger partial charge is 0.255 e. The summed E-state index contributed by atoms with van der Waals surface area (Å²) in [6.07, 6.45) is 0. The van der Waals surface area contributed by atoms with Crippen molar-refractivity contribution < 1.29 is 4.39 Å². The van der Waals surface area contributed by atoms with Gasteiger partial charge in [0.05, 0.1) is 12.1 Å². The first-order valence-corrected chi connectivity index (χ1v) is 5.82. The Bertz CT molecular complexity index is 734. The fraction of sp³-hybridized carbons (Fsp3) is 0.154. The molecule has 0 atom stereocenters. The van der Waals surface area contributed by atoms with E-state index in [4.69, 9.17) is 16.9 Å². The molecule has 6 heteroatoms. The number of halogens is 2. The zero-order valence-electron chi connectivity index (χ0n) is 10.0. The molecule has 0 amide bonds. The van der Waals surface area contributed by atoms with Crippen molar-refractivity contribution >= 4 is 11.6 Å². The van der Waals surface area contributed by atoms with E-state index < -0.39 is 5.82 Å². The highest BCUT2D eigenvalue weighted by Gasteiger charge is 2.11. The summed E-state index contributed by atoms with van der Waals surface area (Å²) in [7, 11) is 0. The monoisotopic (exact) mass is 277 g/mol. The lowest BCUT2D eigenvalue weighted by molar-refractivity contribution is 0.586. The molecule has 0 saturated carbocycles. The summed E-state index contributed by atoms with van der Waals surface area (Å²) in [6.45, 7) is 1.62. The first-order chi connectivity index (χ1) is 9.02. The molecule has 19 heavy (non-hydrogen) atoms. The third-order valence-electron chi connectivity index (χ3n) is 2.70. The average molecular weight is 278 g/mol. The minimum atomic E-state index is -0.619. The van der Waals surface area contributed by atoms with Crippen LogP contribution in [0.5, 0.6) is 0 Å². The normalized spacial score (nSPS) is 10.2. The second kappa shape index (κ2) is 5.21. The molecule has 0 unspecified atom stereocenters. The molecular formula is C13H9ClFN3O. The van der Waals surface area contributed by atoms with Crippen molar-refractivity contribution in [3.05, 3.63) is 62.5 Å². The van der Waals surface area contributed by atoms with E-state index in [-0.39, 0.29) is 28.4 Å². The van der Waals surface area contributed by atoms with E-state index in [1.54, 1.807) is 19.1 Å². The molecule has 96 valence electrons. The van der Waals surface area contributed by atoms with Crippen LogP contribution >= 0.6 is 11.6 Å². The number of nitriles is 1. The Balaban J connectivity index is 2.49. The first kappa shape index (κ1) is 13.2. The van der Waals surface area contributed by atoms with Gasteiger partial charge in [0, 0.05) is 11.6 Å². The maximum absolute atomic E-state index is 13.9. The Morgan fingerprint density at radius 2 is 2.26 bits per heavy atom. The van der Waals surface area contributed by atoms with Gasteiger partial charge in [-0.25, -0.2) is 9.37 Å². The largest absolute Gasteiger partial charge is 0.292 e. The van der Waals surface area contributed by atoms with E-state index in [2.05, 4.69) is 4.98 Å². The number of hydrogen-bond acceptors (Lipinski definition) is 3. The summed E-state index contributed by atoms with van der Waals surface area (Å²) >= 11 is 5.66. The molecule has 0 fully saturated rings. The van der Waals surface area contributed by atoms with E-state index in [9.17, 15) is 9.18 Å². The van der Waals surface area contributed by atoms with Gasteiger partial charge in [-0.3, -0.25) is 9.36 Å². The summed E-state index contributed by atoms with van der Waals surface area (Å²) < 4.78 is 15.2. The van der Waals surface area contributed by atoms with Crippen LogP contribution in [0, 0.1) is 24.1 Å². The lowest BCUT2D eigenvalue weighted by Gasteiger charge is -2.10. The van der Waals surface area contributed by atoms with Gasteiger partial charge in [0.15, 0.2) is 0 Å². The van der Waals surface area contributed by atoms with Gasteiger partial charge in [0.2, 0.25) is 0 Å². The number of rotatable bonds is 2. The molecule has 1 heterocycles. The number of hydrogen-bond donors (Lipinski definition) is 0. The Kier molecular flexibility index (Phi) is 3.63. The van der Waals surface area contributed by atoms with Crippen molar-refractivity contribution in [3.63, 3.8) is 0 Å². The van der Waals surface area contributed by atoms with Crippen molar-refractivity contribution in [1.82, 2.24) is 9.55 Å². The number of benzene rings is 1. The number of aryl methyl sites for hydroxylation is 1. The van der Waals surface area contributed by atoms with Gasteiger partial charge in [0.1, 0.15) is 22.9 Å². The van der Waals surface area contributed by atoms with Crippen molar-refractivity contribution in [2.45, 2.75) is 13.5 Å². The second-order valence-electron chi connectivity index (χ2n) is 3.94. The fourth-order valence-corrected chi connectivity index (χ4v) is 1.95. The second-order valence-corrected chi connectivity index (χ2v) is 4.33. The topological polar surface area (TPSA) is 58.7 Å². The standard InChI is InChI=1S/C13H9ClFN3O/c1-8-17-11(14)5-12(19)18(8)7-10-4-2-3-9(6-16)13(10)15/h2-5H,7H2,1H3. The lowest BCUT2D eigenvalue weighted by Crippen LogP contribution is -2.24. The summed E-state index contributed by atoms with van der Waals surface area (Å²) in [6, 6.07) is 7.41. The zero-order chi connectivity index (χ0) is 14.0. The van der Waals surface area contributed by atoms with Gasteiger partial charge in [-0.05, 0) is 13.0 Å². The quantitative estimate of drug-likeness (QED) is 0.791. The van der Waals surface area contributed by atoms with Crippen LogP contribution in [-0.2, 0) is 6.54 Å².